The minimum absolute atomic E-state index is 0. The number of ether oxygens (including phenoxy) is 1. The van der Waals surface area contributed by atoms with Crippen LogP contribution in [0.2, 0.25) is 0 Å². The average molecular weight is 551 g/mol. The summed E-state index contributed by atoms with van der Waals surface area (Å²) < 4.78 is 5.35. The van der Waals surface area contributed by atoms with Crippen molar-refractivity contribution in [2.75, 3.05) is 65.6 Å². The van der Waals surface area contributed by atoms with Gasteiger partial charge < -0.3 is 19.9 Å². The summed E-state index contributed by atoms with van der Waals surface area (Å²) in [5, 5.41) is 5.96. The average Bonchev–Trinajstić information content (AvgIpc) is 2.83. The fourth-order valence-electron chi connectivity index (χ4n) is 4.24. The molecule has 8 heteroatoms. The topological polar surface area (TPSA) is 60.4 Å². The molecular weight excluding hydrogens is 517 g/mol. The molecular formula is C24H34IN5O2. The summed E-state index contributed by atoms with van der Waals surface area (Å²) in [5.41, 5.74) is 1.24. The predicted octanol–water partition coefficient (Wildman–Crippen LogP) is 2.40. The second-order valence-corrected chi connectivity index (χ2v) is 8.06. The molecule has 2 aromatic carbocycles. The van der Waals surface area contributed by atoms with Crippen molar-refractivity contribution in [2.45, 2.75) is 13.5 Å². The number of carbonyl (C=O) groups is 1. The fourth-order valence-corrected chi connectivity index (χ4v) is 4.24. The van der Waals surface area contributed by atoms with E-state index in [4.69, 9.17) is 9.73 Å². The molecule has 2 aliphatic heterocycles. The van der Waals surface area contributed by atoms with Gasteiger partial charge in [-0.1, -0.05) is 42.5 Å². The third-order valence-corrected chi connectivity index (χ3v) is 6.01. The van der Waals surface area contributed by atoms with Crippen molar-refractivity contribution in [2.24, 2.45) is 4.99 Å². The first-order chi connectivity index (χ1) is 15.2. The van der Waals surface area contributed by atoms with Gasteiger partial charge in [0.2, 0.25) is 5.91 Å². The van der Waals surface area contributed by atoms with Gasteiger partial charge >= 0.3 is 0 Å². The van der Waals surface area contributed by atoms with E-state index in [0.717, 1.165) is 38.7 Å². The molecule has 1 amide bonds. The number of fused-ring (bicyclic) bond motifs is 1. The third kappa shape index (κ3) is 6.32. The molecule has 2 aliphatic rings. The number of halogens is 1. The van der Waals surface area contributed by atoms with Crippen molar-refractivity contribution in [3.63, 3.8) is 0 Å². The molecule has 2 heterocycles. The van der Waals surface area contributed by atoms with E-state index >= 15 is 0 Å². The van der Waals surface area contributed by atoms with Crippen molar-refractivity contribution in [1.82, 2.24) is 20.0 Å². The van der Waals surface area contributed by atoms with Gasteiger partial charge in [-0.15, -0.1) is 24.0 Å². The number of carbonyl (C=O) groups excluding carboxylic acids is 1. The highest BCUT2D eigenvalue weighted by atomic mass is 127. The second kappa shape index (κ2) is 12.4. The number of morpholine rings is 1. The first-order valence-corrected chi connectivity index (χ1v) is 11.3. The maximum absolute atomic E-state index is 12.5. The molecule has 0 saturated carbocycles. The number of guanidine groups is 1. The van der Waals surface area contributed by atoms with E-state index in [1.165, 1.54) is 16.3 Å². The van der Waals surface area contributed by atoms with Crippen LogP contribution in [0.25, 0.3) is 10.8 Å². The predicted molar refractivity (Wildman–Crippen MR) is 140 cm³/mol. The quantitative estimate of drug-likeness (QED) is 0.352. The van der Waals surface area contributed by atoms with Gasteiger partial charge in [0.1, 0.15) is 0 Å². The number of piperazine rings is 1. The van der Waals surface area contributed by atoms with Gasteiger partial charge in [-0.2, -0.15) is 0 Å². The van der Waals surface area contributed by atoms with Gasteiger partial charge in [-0.05, 0) is 23.3 Å². The van der Waals surface area contributed by atoms with Crippen LogP contribution in [0.4, 0.5) is 0 Å². The Balaban J connectivity index is 0.00000289. The van der Waals surface area contributed by atoms with Crippen LogP contribution in [-0.2, 0) is 16.1 Å². The van der Waals surface area contributed by atoms with Crippen LogP contribution in [0.15, 0.2) is 47.5 Å². The third-order valence-electron chi connectivity index (χ3n) is 6.01. The van der Waals surface area contributed by atoms with E-state index in [-0.39, 0.29) is 29.9 Å². The monoisotopic (exact) mass is 551 g/mol. The Labute approximate surface area is 207 Å². The van der Waals surface area contributed by atoms with Crippen molar-refractivity contribution >= 4 is 46.6 Å². The molecule has 2 aromatic rings. The normalized spacial score (nSPS) is 17.8. The van der Waals surface area contributed by atoms with E-state index in [0.29, 0.717) is 39.4 Å². The lowest BCUT2D eigenvalue weighted by Crippen LogP contribution is -2.54. The van der Waals surface area contributed by atoms with Gasteiger partial charge in [-0.25, -0.2) is 4.99 Å². The molecule has 2 saturated heterocycles. The van der Waals surface area contributed by atoms with Crippen LogP contribution in [0, 0.1) is 0 Å². The van der Waals surface area contributed by atoms with Crippen molar-refractivity contribution in [3.8, 4) is 0 Å². The molecule has 4 rings (SSSR count). The van der Waals surface area contributed by atoms with E-state index in [1.54, 1.807) is 0 Å². The first kappa shape index (κ1) is 24.7. The lowest BCUT2D eigenvalue weighted by Gasteiger charge is -2.37. The summed E-state index contributed by atoms with van der Waals surface area (Å²) in [7, 11) is 0. The van der Waals surface area contributed by atoms with Crippen LogP contribution < -0.4 is 5.32 Å². The summed E-state index contributed by atoms with van der Waals surface area (Å²) in [5.74, 6) is 1.17. The van der Waals surface area contributed by atoms with Gasteiger partial charge in [0, 0.05) is 45.8 Å². The zero-order chi connectivity index (χ0) is 21.5. The minimum atomic E-state index is 0. The van der Waals surface area contributed by atoms with Crippen LogP contribution in [0.3, 0.4) is 0 Å². The molecule has 0 atom stereocenters. The second-order valence-electron chi connectivity index (χ2n) is 8.06. The zero-order valence-electron chi connectivity index (χ0n) is 18.8. The van der Waals surface area contributed by atoms with E-state index in [1.807, 2.05) is 4.90 Å². The molecule has 0 aliphatic carbocycles. The highest BCUT2D eigenvalue weighted by molar-refractivity contribution is 14.0. The van der Waals surface area contributed by atoms with Crippen LogP contribution >= 0.6 is 24.0 Å². The van der Waals surface area contributed by atoms with E-state index in [2.05, 4.69) is 64.5 Å². The maximum Gasteiger partial charge on any atom is 0.236 e. The van der Waals surface area contributed by atoms with Gasteiger partial charge in [0.15, 0.2) is 5.96 Å². The molecule has 32 heavy (non-hydrogen) atoms. The van der Waals surface area contributed by atoms with Gasteiger partial charge in [-0.3, -0.25) is 9.69 Å². The standard InChI is InChI=1S/C24H33N5O2.HI/c1-2-25-24(26-18-21-8-5-7-20-6-3-4-9-22(20)21)29-12-10-27(11-13-29)19-23(30)28-14-16-31-17-15-28;/h3-9H,2,10-19H2,1H3,(H,25,26);1H. The number of nitrogens with zero attached hydrogens (tertiary/aromatic N) is 4. The highest BCUT2D eigenvalue weighted by Gasteiger charge is 2.24. The Morgan fingerprint density at radius 2 is 1.69 bits per heavy atom. The Morgan fingerprint density at radius 3 is 2.44 bits per heavy atom. The molecule has 2 fully saturated rings. The molecule has 174 valence electrons. The number of aliphatic imine (C=N–C) groups is 1. The van der Waals surface area contributed by atoms with Crippen molar-refractivity contribution in [3.05, 3.63) is 48.0 Å². The molecule has 0 spiro atoms. The number of hydrogen-bond acceptors (Lipinski definition) is 4. The number of benzene rings is 2. The smallest absolute Gasteiger partial charge is 0.236 e. The number of hydrogen-bond donors (Lipinski definition) is 1. The SMILES string of the molecule is CCNC(=NCc1cccc2ccccc12)N1CCN(CC(=O)N2CCOCC2)CC1.I. The van der Waals surface area contributed by atoms with Crippen LogP contribution in [0.5, 0.6) is 0 Å². The maximum atomic E-state index is 12.5. The lowest BCUT2D eigenvalue weighted by atomic mass is 10.1. The molecule has 1 N–H and O–H groups in total. The van der Waals surface area contributed by atoms with Crippen LogP contribution in [0.1, 0.15) is 12.5 Å². The van der Waals surface area contributed by atoms with E-state index < -0.39 is 0 Å². The molecule has 0 radical (unpaired) electrons. The fraction of sp³-hybridized carbons (Fsp3) is 0.500. The Hall–Kier alpha value is -1.91. The summed E-state index contributed by atoms with van der Waals surface area (Å²) in [4.78, 5) is 24.0. The van der Waals surface area contributed by atoms with E-state index in [9.17, 15) is 4.79 Å². The molecule has 0 unspecified atom stereocenters. The molecule has 0 bridgehead atoms. The van der Waals surface area contributed by atoms with Crippen LogP contribution in [-0.4, -0.2) is 92.1 Å². The zero-order valence-corrected chi connectivity index (χ0v) is 21.2. The number of amides is 1. The van der Waals surface area contributed by atoms with Gasteiger partial charge in [0.25, 0.3) is 0 Å². The summed E-state index contributed by atoms with van der Waals surface area (Å²) >= 11 is 0. The number of nitrogens with one attached hydrogen (secondary N) is 1. The number of rotatable bonds is 5. The summed E-state index contributed by atoms with van der Waals surface area (Å²) in [6.45, 7) is 10.3. The lowest BCUT2D eigenvalue weighted by molar-refractivity contribution is -0.136. The highest BCUT2D eigenvalue weighted by Crippen LogP contribution is 2.19. The Morgan fingerprint density at radius 1 is 0.969 bits per heavy atom. The van der Waals surface area contributed by atoms with Crippen molar-refractivity contribution in [1.29, 1.82) is 0 Å². The Kier molecular flexibility index (Phi) is 9.55. The first-order valence-electron chi connectivity index (χ1n) is 11.3. The molecule has 0 aromatic heterocycles. The molecule has 7 nitrogen and oxygen atoms in total. The minimum Gasteiger partial charge on any atom is -0.378 e. The van der Waals surface area contributed by atoms with Crippen molar-refractivity contribution < 1.29 is 9.53 Å². The Bertz CT molecular complexity index is 903. The largest absolute Gasteiger partial charge is 0.378 e. The summed E-state index contributed by atoms with van der Waals surface area (Å²) in [6.07, 6.45) is 0. The summed E-state index contributed by atoms with van der Waals surface area (Å²) in [6, 6.07) is 14.9. The van der Waals surface area contributed by atoms with Gasteiger partial charge in [0.05, 0.1) is 26.3 Å².